The molecule has 6 nitrogen and oxygen atoms in total. The Morgan fingerprint density at radius 1 is 0.828 bits per heavy atom. The molecule has 0 aromatic heterocycles. The molecular formula is C23H30N2O4. The number of rotatable bonds is 8. The zero-order valence-corrected chi connectivity index (χ0v) is 17.6. The molecule has 0 aliphatic carbocycles. The second-order valence-electron chi connectivity index (χ2n) is 7.76. The van der Waals surface area contributed by atoms with Gasteiger partial charge in [-0.2, -0.15) is 0 Å². The summed E-state index contributed by atoms with van der Waals surface area (Å²) in [7, 11) is 0. The highest BCUT2D eigenvalue weighted by molar-refractivity contribution is 5.82. The summed E-state index contributed by atoms with van der Waals surface area (Å²) in [5.41, 5.74) is 7.18. The molecule has 156 valence electrons. The summed E-state index contributed by atoms with van der Waals surface area (Å²) in [6, 6.07) is 15.4. The molecule has 0 saturated carbocycles. The van der Waals surface area contributed by atoms with Crippen LogP contribution < -0.4 is 20.3 Å². The van der Waals surface area contributed by atoms with E-state index in [9.17, 15) is 9.59 Å². The first-order chi connectivity index (χ1) is 13.8. The third-order valence-electron chi connectivity index (χ3n) is 4.36. The van der Waals surface area contributed by atoms with Crippen molar-refractivity contribution in [2.24, 2.45) is 0 Å². The van der Waals surface area contributed by atoms with Crippen molar-refractivity contribution in [3.05, 3.63) is 59.7 Å². The molecule has 0 unspecified atom stereocenters. The molecule has 2 N–H and O–H groups in total. The summed E-state index contributed by atoms with van der Waals surface area (Å²) in [4.78, 5) is 23.6. The highest BCUT2D eigenvalue weighted by Crippen LogP contribution is 2.24. The van der Waals surface area contributed by atoms with Crippen molar-refractivity contribution in [1.29, 1.82) is 0 Å². The Morgan fingerprint density at radius 2 is 1.38 bits per heavy atom. The number of hydrogen-bond donors (Lipinski definition) is 2. The van der Waals surface area contributed by atoms with Crippen LogP contribution >= 0.6 is 0 Å². The fourth-order valence-corrected chi connectivity index (χ4v) is 2.52. The zero-order valence-electron chi connectivity index (χ0n) is 17.6. The van der Waals surface area contributed by atoms with E-state index in [0.29, 0.717) is 11.5 Å². The Balaban J connectivity index is 1.63. The van der Waals surface area contributed by atoms with Gasteiger partial charge in [0.05, 0.1) is 13.0 Å². The van der Waals surface area contributed by atoms with Crippen LogP contribution in [0.3, 0.4) is 0 Å². The van der Waals surface area contributed by atoms with Gasteiger partial charge in [-0.15, -0.1) is 0 Å². The number of hydrazine groups is 1. The summed E-state index contributed by atoms with van der Waals surface area (Å²) in [6.45, 7) is 8.55. The van der Waals surface area contributed by atoms with Gasteiger partial charge in [-0.1, -0.05) is 52.0 Å². The summed E-state index contributed by atoms with van der Waals surface area (Å²) >= 11 is 0. The Bertz CT molecular complexity index is 793. The van der Waals surface area contributed by atoms with Gasteiger partial charge < -0.3 is 9.47 Å². The fraction of sp³-hybridized carbons (Fsp3) is 0.391. The largest absolute Gasteiger partial charge is 0.493 e. The molecule has 0 atom stereocenters. The van der Waals surface area contributed by atoms with E-state index in [2.05, 4.69) is 38.5 Å². The Kier molecular flexibility index (Phi) is 8.07. The molecule has 29 heavy (non-hydrogen) atoms. The molecule has 2 aromatic rings. The summed E-state index contributed by atoms with van der Waals surface area (Å²) < 4.78 is 11.0. The molecule has 0 heterocycles. The quantitative estimate of drug-likeness (QED) is 0.667. The minimum Gasteiger partial charge on any atom is -0.493 e. The SMILES string of the molecule is CCc1ccc(OCC(=O)NNC(=O)CCOc2ccc(C(C)(C)C)cc2)cc1. The topological polar surface area (TPSA) is 76.7 Å². The van der Waals surface area contributed by atoms with Crippen LogP contribution in [0.2, 0.25) is 0 Å². The number of carbonyl (C=O) groups excluding carboxylic acids is 2. The van der Waals surface area contributed by atoms with Gasteiger partial charge in [0.2, 0.25) is 5.91 Å². The Morgan fingerprint density at radius 3 is 1.97 bits per heavy atom. The number of aryl methyl sites for hydroxylation is 1. The molecule has 2 aromatic carbocycles. The third kappa shape index (κ3) is 7.86. The molecule has 6 heteroatoms. The smallest absolute Gasteiger partial charge is 0.276 e. The number of carbonyl (C=O) groups is 2. The molecule has 2 amide bonds. The monoisotopic (exact) mass is 398 g/mol. The van der Waals surface area contributed by atoms with Crippen LogP contribution in [0.5, 0.6) is 11.5 Å². The van der Waals surface area contributed by atoms with E-state index in [1.807, 2.05) is 48.5 Å². The van der Waals surface area contributed by atoms with Gasteiger partial charge in [0, 0.05) is 0 Å². The highest BCUT2D eigenvalue weighted by atomic mass is 16.5. The van der Waals surface area contributed by atoms with E-state index in [0.717, 1.165) is 6.42 Å². The molecule has 0 radical (unpaired) electrons. The predicted molar refractivity (Wildman–Crippen MR) is 113 cm³/mol. The number of hydrogen-bond acceptors (Lipinski definition) is 4. The van der Waals surface area contributed by atoms with E-state index in [-0.39, 0.29) is 31.0 Å². The van der Waals surface area contributed by atoms with Crippen molar-refractivity contribution < 1.29 is 19.1 Å². The van der Waals surface area contributed by atoms with Crippen molar-refractivity contribution in [2.75, 3.05) is 13.2 Å². The van der Waals surface area contributed by atoms with Gasteiger partial charge in [0.15, 0.2) is 6.61 Å². The number of amides is 2. The van der Waals surface area contributed by atoms with Crippen LogP contribution in [-0.2, 0) is 21.4 Å². The Hall–Kier alpha value is -3.02. The normalized spacial score (nSPS) is 10.9. The first-order valence-corrected chi connectivity index (χ1v) is 9.80. The average Bonchev–Trinajstić information content (AvgIpc) is 2.71. The first kappa shape index (κ1) is 22.3. The lowest BCUT2D eigenvalue weighted by molar-refractivity contribution is -0.130. The fourth-order valence-electron chi connectivity index (χ4n) is 2.52. The van der Waals surface area contributed by atoms with Gasteiger partial charge in [-0.3, -0.25) is 20.4 Å². The number of benzene rings is 2. The zero-order chi connectivity index (χ0) is 21.3. The maximum atomic E-state index is 11.8. The minimum atomic E-state index is -0.434. The van der Waals surface area contributed by atoms with E-state index in [1.165, 1.54) is 11.1 Å². The van der Waals surface area contributed by atoms with Crippen LogP contribution in [0.15, 0.2) is 48.5 Å². The van der Waals surface area contributed by atoms with Crippen LogP contribution in [0.25, 0.3) is 0 Å². The summed E-state index contributed by atoms with van der Waals surface area (Å²) in [5, 5.41) is 0. The molecule has 0 saturated heterocycles. The third-order valence-corrected chi connectivity index (χ3v) is 4.36. The number of ether oxygens (including phenoxy) is 2. The van der Waals surface area contributed by atoms with Gasteiger partial charge >= 0.3 is 0 Å². The van der Waals surface area contributed by atoms with Gasteiger partial charge in [0.1, 0.15) is 11.5 Å². The maximum absolute atomic E-state index is 11.8. The van der Waals surface area contributed by atoms with Gasteiger partial charge in [-0.25, -0.2) is 0 Å². The van der Waals surface area contributed by atoms with E-state index >= 15 is 0 Å². The lowest BCUT2D eigenvalue weighted by Gasteiger charge is -2.19. The van der Waals surface area contributed by atoms with Gasteiger partial charge in [0.25, 0.3) is 5.91 Å². The number of nitrogens with one attached hydrogen (secondary N) is 2. The van der Waals surface area contributed by atoms with E-state index < -0.39 is 5.91 Å². The molecule has 0 aliphatic heterocycles. The first-order valence-electron chi connectivity index (χ1n) is 9.80. The van der Waals surface area contributed by atoms with Crippen molar-refractivity contribution in [2.45, 2.75) is 46.0 Å². The Labute approximate surface area is 172 Å². The average molecular weight is 399 g/mol. The van der Waals surface area contributed by atoms with Gasteiger partial charge in [-0.05, 0) is 47.2 Å². The highest BCUT2D eigenvalue weighted by Gasteiger charge is 2.13. The van der Waals surface area contributed by atoms with E-state index in [4.69, 9.17) is 9.47 Å². The van der Waals surface area contributed by atoms with Crippen molar-refractivity contribution in [3.63, 3.8) is 0 Å². The second-order valence-corrected chi connectivity index (χ2v) is 7.76. The molecule has 0 bridgehead atoms. The molecule has 0 aliphatic rings. The van der Waals surface area contributed by atoms with Crippen LogP contribution in [0, 0.1) is 0 Å². The molecule has 2 rings (SSSR count). The van der Waals surface area contributed by atoms with Crippen LogP contribution in [0.1, 0.15) is 45.2 Å². The predicted octanol–water partition coefficient (Wildman–Crippen LogP) is 3.54. The molecule has 0 fully saturated rings. The minimum absolute atomic E-state index is 0.0826. The van der Waals surface area contributed by atoms with Crippen molar-refractivity contribution in [1.82, 2.24) is 10.9 Å². The summed E-state index contributed by atoms with van der Waals surface area (Å²) in [6.07, 6.45) is 1.07. The standard InChI is InChI=1S/C23H30N2O4/c1-5-17-6-10-20(11-7-17)29-16-22(27)25-24-21(26)14-15-28-19-12-8-18(9-13-19)23(2,3)4/h6-13H,5,14-16H2,1-4H3,(H,24,26)(H,25,27). The second kappa shape index (κ2) is 10.5. The lowest BCUT2D eigenvalue weighted by atomic mass is 9.87. The van der Waals surface area contributed by atoms with Crippen LogP contribution in [-0.4, -0.2) is 25.0 Å². The van der Waals surface area contributed by atoms with Crippen molar-refractivity contribution in [3.8, 4) is 11.5 Å². The summed E-state index contributed by atoms with van der Waals surface area (Å²) in [5.74, 6) is 0.542. The lowest BCUT2D eigenvalue weighted by Crippen LogP contribution is -2.44. The molecule has 0 spiro atoms. The maximum Gasteiger partial charge on any atom is 0.276 e. The molecular weight excluding hydrogens is 368 g/mol. The van der Waals surface area contributed by atoms with Crippen LogP contribution in [0.4, 0.5) is 0 Å². The van der Waals surface area contributed by atoms with E-state index in [1.54, 1.807) is 0 Å². The van der Waals surface area contributed by atoms with Crippen molar-refractivity contribution >= 4 is 11.8 Å².